The standard InChI is InChI=1S/C15H17ClN2O/c1-10-4-5-11(8-13(10)16)15(17-2)12-6-7-18-9-14(12)19-3/h4-9,15,17H,1-3H3. The van der Waals surface area contributed by atoms with Gasteiger partial charge in [-0.3, -0.25) is 4.98 Å². The number of nitrogens with one attached hydrogen (secondary N) is 1. The predicted molar refractivity (Wildman–Crippen MR) is 77.9 cm³/mol. The Morgan fingerprint density at radius 3 is 2.74 bits per heavy atom. The van der Waals surface area contributed by atoms with E-state index in [1.165, 1.54) is 0 Å². The molecule has 2 aromatic rings. The molecule has 0 aliphatic carbocycles. The third-order valence-electron chi connectivity index (χ3n) is 3.17. The van der Waals surface area contributed by atoms with E-state index in [1.807, 2.05) is 32.2 Å². The Morgan fingerprint density at radius 2 is 2.11 bits per heavy atom. The van der Waals surface area contributed by atoms with Crippen LogP contribution in [0.2, 0.25) is 5.02 Å². The Kier molecular flexibility index (Phi) is 4.40. The van der Waals surface area contributed by atoms with Crippen LogP contribution in [0.15, 0.2) is 36.7 Å². The summed E-state index contributed by atoms with van der Waals surface area (Å²) in [5.74, 6) is 0.763. The van der Waals surface area contributed by atoms with Crippen molar-refractivity contribution in [3.8, 4) is 5.75 Å². The molecule has 4 heteroatoms. The lowest BCUT2D eigenvalue weighted by molar-refractivity contribution is 0.403. The molecule has 3 nitrogen and oxygen atoms in total. The second-order valence-electron chi connectivity index (χ2n) is 4.35. The van der Waals surface area contributed by atoms with Crippen LogP contribution < -0.4 is 10.1 Å². The Labute approximate surface area is 118 Å². The summed E-state index contributed by atoms with van der Waals surface area (Å²) in [6.07, 6.45) is 3.48. The van der Waals surface area contributed by atoms with E-state index in [2.05, 4.69) is 16.4 Å². The highest BCUT2D eigenvalue weighted by atomic mass is 35.5. The second-order valence-corrected chi connectivity index (χ2v) is 4.76. The van der Waals surface area contributed by atoms with E-state index < -0.39 is 0 Å². The Bertz CT molecular complexity index is 572. The SMILES string of the molecule is CNC(c1ccc(C)c(Cl)c1)c1ccncc1OC. The zero-order valence-electron chi connectivity index (χ0n) is 11.3. The zero-order valence-corrected chi connectivity index (χ0v) is 12.0. The van der Waals surface area contributed by atoms with Crippen LogP contribution in [0, 0.1) is 6.92 Å². The highest BCUT2D eigenvalue weighted by Gasteiger charge is 2.17. The molecule has 0 spiro atoms. The lowest BCUT2D eigenvalue weighted by Crippen LogP contribution is -2.18. The summed E-state index contributed by atoms with van der Waals surface area (Å²) in [4.78, 5) is 4.08. The number of hydrogen-bond acceptors (Lipinski definition) is 3. The molecular formula is C15H17ClN2O. The van der Waals surface area contributed by atoms with E-state index in [9.17, 15) is 0 Å². The van der Waals surface area contributed by atoms with Crippen molar-refractivity contribution in [2.75, 3.05) is 14.2 Å². The van der Waals surface area contributed by atoms with Gasteiger partial charge in [-0.25, -0.2) is 0 Å². The van der Waals surface area contributed by atoms with Gasteiger partial charge in [0.25, 0.3) is 0 Å². The molecule has 100 valence electrons. The Hall–Kier alpha value is -1.58. The fourth-order valence-corrected chi connectivity index (χ4v) is 2.28. The number of nitrogens with zero attached hydrogens (tertiary/aromatic N) is 1. The normalized spacial score (nSPS) is 12.2. The van der Waals surface area contributed by atoms with E-state index in [4.69, 9.17) is 16.3 Å². The van der Waals surface area contributed by atoms with Crippen molar-refractivity contribution in [2.24, 2.45) is 0 Å². The van der Waals surface area contributed by atoms with Crippen LogP contribution in [0.3, 0.4) is 0 Å². The van der Waals surface area contributed by atoms with Gasteiger partial charge >= 0.3 is 0 Å². The lowest BCUT2D eigenvalue weighted by atomic mass is 9.98. The van der Waals surface area contributed by atoms with Gasteiger partial charge in [-0.1, -0.05) is 23.7 Å². The zero-order chi connectivity index (χ0) is 13.8. The van der Waals surface area contributed by atoms with Crippen molar-refractivity contribution in [2.45, 2.75) is 13.0 Å². The van der Waals surface area contributed by atoms with Crippen LogP contribution >= 0.6 is 11.6 Å². The highest BCUT2D eigenvalue weighted by Crippen LogP contribution is 2.30. The Morgan fingerprint density at radius 1 is 1.32 bits per heavy atom. The first-order chi connectivity index (χ1) is 9.17. The quantitative estimate of drug-likeness (QED) is 0.930. The van der Waals surface area contributed by atoms with Gasteiger partial charge in [-0.15, -0.1) is 0 Å². The number of aromatic nitrogens is 1. The van der Waals surface area contributed by atoms with E-state index in [0.717, 1.165) is 27.5 Å². The molecule has 0 saturated carbocycles. The number of rotatable bonds is 4. The number of hydrogen-bond donors (Lipinski definition) is 1. The van der Waals surface area contributed by atoms with E-state index in [1.54, 1.807) is 19.5 Å². The molecule has 1 aromatic heterocycles. The summed E-state index contributed by atoms with van der Waals surface area (Å²) >= 11 is 6.20. The molecule has 0 aliphatic rings. The van der Waals surface area contributed by atoms with Gasteiger partial charge in [0.05, 0.1) is 19.3 Å². The number of ether oxygens (including phenoxy) is 1. The summed E-state index contributed by atoms with van der Waals surface area (Å²) in [6, 6.07) is 8.06. The number of halogens is 1. The second kappa shape index (κ2) is 6.04. The molecule has 0 aliphatic heterocycles. The fourth-order valence-electron chi connectivity index (χ4n) is 2.09. The number of pyridine rings is 1. The molecule has 0 saturated heterocycles. The van der Waals surface area contributed by atoms with E-state index in [-0.39, 0.29) is 6.04 Å². The van der Waals surface area contributed by atoms with Crippen molar-refractivity contribution < 1.29 is 4.74 Å². The number of methoxy groups -OCH3 is 1. The molecule has 0 radical (unpaired) electrons. The molecule has 0 amide bonds. The summed E-state index contributed by atoms with van der Waals surface area (Å²) in [5, 5.41) is 4.06. The molecule has 1 N–H and O–H groups in total. The molecule has 1 aromatic carbocycles. The van der Waals surface area contributed by atoms with Gasteiger partial charge < -0.3 is 10.1 Å². The maximum Gasteiger partial charge on any atom is 0.142 e. The van der Waals surface area contributed by atoms with Crippen molar-refractivity contribution >= 4 is 11.6 Å². The predicted octanol–water partition coefficient (Wildman–Crippen LogP) is 3.36. The molecule has 1 heterocycles. The van der Waals surface area contributed by atoms with Gasteiger partial charge in [0.15, 0.2) is 0 Å². The number of benzene rings is 1. The van der Waals surface area contributed by atoms with Gasteiger partial charge in [0, 0.05) is 16.8 Å². The minimum atomic E-state index is 0.0241. The van der Waals surface area contributed by atoms with Crippen LogP contribution in [0.5, 0.6) is 5.75 Å². The van der Waals surface area contributed by atoms with Crippen molar-refractivity contribution in [1.29, 1.82) is 0 Å². The van der Waals surface area contributed by atoms with Crippen molar-refractivity contribution in [3.05, 3.63) is 58.4 Å². The first kappa shape index (κ1) is 13.8. The first-order valence-corrected chi connectivity index (χ1v) is 6.46. The number of aryl methyl sites for hydroxylation is 1. The molecule has 1 unspecified atom stereocenters. The summed E-state index contributed by atoms with van der Waals surface area (Å²) in [5.41, 5.74) is 3.21. The van der Waals surface area contributed by atoms with Crippen LogP contribution in [-0.2, 0) is 0 Å². The average molecular weight is 277 g/mol. The molecular weight excluding hydrogens is 260 g/mol. The minimum absolute atomic E-state index is 0.0241. The third-order valence-corrected chi connectivity index (χ3v) is 3.57. The van der Waals surface area contributed by atoms with Crippen molar-refractivity contribution in [3.63, 3.8) is 0 Å². The lowest BCUT2D eigenvalue weighted by Gasteiger charge is -2.20. The molecule has 19 heavy (non-hydrogen) atoms. The summed E-state index contributed by atoms with van der Waals surface area (Å²) in [7, 11) is 3.56. The summed E-state index contributed by atoms with van der Waals surface area (Å²) < 4.78 is 5.37. The maximum atomic E-state index is 6.20. The first-order valence-electron chi connectivity index (χ1n) is 6.08. The van der Waals surface area contributed by atoms with Crippen LogP contribution in [0.25, 0.3) is 0 Å². The smallest absolute Gasteiger partial charge is 0.142 e. The summed E-state index contributed by atoms with van der Waals surface area (Å²) in [6.45, 7) is 1.99. The fraction of sp³-hybridized carbons (Fsp3) is 0.267. The van der Waals surface area contributed by atoms with Crippen molar-refractivity contribution in [1.82, 2.24) is 10.3 Å². The van der Waals surface area contributed by atoms with Gasteiger partial charge in [-0.05, 0) is 37.2 Å². The minimum Gasteiger partial charge on any atom is -0.495 e. The maximum absolute atomic E-state index is 6.20. The molecule has 2 rings (SSSR count). The Balaban J connectivity index is 2.46. The average Bonchev–Trinajstić information content (AvgIpc) is 2.44. The van der Waals surface area contributed by atoms with E-state index in [0.29, 0.717) is 0 Å². The monoisotopic (exact) mass is 276 g/mol. The van der Waals surface area contributed by atoms with E-state index >= 15 is 0 Å². The van der Waals surface area contributed by atoms with Gasteiger partial charge in [-0.2, -0.15) is 0 Å². The highest BCUT2D eigenvalue weighted by molar-refractivity contribution is 6.31. The van der Waals surface area contributed by atoms with Crippen LogP contribution in [0.4, 0.5) is 0 Å². The molecule has 1 atom stereocenters. The van der Waals surface area contributed by atoms with Gasteiger partial charge in [0.1, 0.15) is 5.75 Å². The molecule has 0 bridgehead atoms. The van der Waals surface area contributed by atoms with Gasteiger partial charge in [0.2, 0.25) is 0 Å². The topological polar surface area (TPSA) is 34.2 Å². The largest absolute Gasteiger partial charge is 0.495 e. The molecule has 0 fully saturated rings. The van der Waals surface area contributed by atoms with Crippen LogP contribution in [0.1, 0.15) is 22.7 Å². The van der Waals surface area contributed by atoms with Crippen LogP contribution in [-0.4, -0.2) is 19.1 Å². The third kappa shape index (κ3) is 2.88.